The van der Waals surface area contributed by atoms with E-state index in [1.54, 1.807) is 31.4 Å². The van der Waals surface area contributed by atoms with Crippen LogP contribution in [0.25, 0.3) is 10.4 Å². The van der Waals surface area contributed by atoms with Crippen LogP contribution in [0.5, 0.6) is 5.75 Å². The average Bonchev–Trinajstić information content (AvgIpc) is 3.51. The van der Waals surface area contributed by atoms with Gasteiger partial charge in [0.15, 0.2) is 5.78 Å². The van der Waals surface area contributed by atoms with E-state index in [1.165, 1.54) is 5.56 Å². The van der Waals surface area contributed by atoms with E-state index < -0.39 is 12.1 Å². The fraction of sp³-hybridized carbons (Fsp3) is 0.440. The lowest BCUT2D eigenvalue weighted by atomic mass is 9.79. The van der Waals surface area contributed by atoms with Crippen molar-refractivity contribution in [1.82, 2.24) is 0 Å². The van der Waals surface area contributed by atoms with Crippen LogP contribution in [0.15, 0.2) is 29.8 Å². The minimum Gasteiger partial charge on any atom is -0.496 e. The molecule has 1 saturated carbocycles. The van der Waals surface area contributed by atoms with E-state index in [1.807, 2.05) is 12.1 Å². The number of esters is 1. The quantitative estimate of drug-likeness (QED) is 0.527. The monoisotopic (exact) mass is 438 g/mol. The van der Waals surface area contributed by atoms with Crippen molar-refractivity contribution >= 4 is 23.1 Å². The number of aliphatic hydroxyl groups is 1. The molecule has 1 N–H and O–H groups in total. The zero-order valence-electron chi connectivity index (χ0n) is 17.8. The number of benzene rings is 1. The van der Waals surface area contributed by atoms with Gasteiger partial charge in [0, 0.05) is 32.4 Å². The highest BCUT2D eigenvalue weighted by Crippen LogP contribution is 2.53. The molecule has 2 aromatic rings. The highest BCUT2D eigenvalue weighted by molar-refractivity contribution is 7.15. The molecule has 0 spiro atoms. The standard InChI is InChI=1S/C25H26O5S/c1-3-30-25(28)18-12-17(13-7-8-13)21-16(22(18)27)10-9-15(23(21)29-2)20-11-14-5-4-6-19(26)24(14)31-20/h9-13,17,19,26H,3-8H2,1-2H3. The third-order valence-corrected chi connectivity index (χ3v) is 7.84. The molecule has 5 nitrogen and oxygen atoms in total. The Morgan fingerprint density at radius 3 is 2.68 bits per heavy atom. The number of aliphatic hydroxyl groups excluding tert-OH is 1. The predicted molar refractivity (Wildman–Crippen MR) is 119 cm³/mol. The normalized spacial score (nSPS) is 22.4. The second kappa shape index (κ2) is 7.92. The number of methoxy groups -OCH3 is 1. The van der Waals surface area contributed by atoms with Crippen LogP contribution in [0.1, 0.15) is 71.0 Å². The van der Waals surface area contributed by atoms with Crippen molar-refractivity contribution in [3.63, 3.8) is 0 Å². The van der Waals surface area contributed by atoms with Crippen molar-refractivity contribution in [2.45, 2.75) is 51.0 Å². The van der Waals surface area contributed by atoms with Gasteiger partial charge in [-0.05, 0) is 68.7 Å². The van der Waals surface area contributed by atoms with E-state index >= 15 is 0 Å². The maximum absolute atomic E-state index is 13.2. The first-order valence-electron chi connectivity index (χ1n) is 11.0. The molecule has 5 rings (SSSR count). The van der Waals surface area contributed by atoms with Gasteiger partial charge in [0.2, 0.25) is 0 Å². The van der Waals surface area contributed by atoms with E-state index in [0.29, 0.717) is 17.2 Å². The predicted octanol–water partition coefficient (Wildman–Crippen LogP) is 4.97. The molecule has 6 heteroatoms. The summed E-state index contributed by atoms with van der Waals surface area (Å²) in [6, 6.07) is 5.90. The van der Waals surface area contributed by atoms with Crippen molar-refractivity contribution in [3.05, 3.63) is 51.4 Å². The number of rotatable bonds is 5. The van der Waals surface area contributed by atoms with Crippen LogP contribution in [-0.4, -0.2) is 30.6 Å². The van der Waals surface area contributed by atoms with Crippen molar-refractivity contribution in [3.8, 4) is 16.2 Å². The Bertz CT molecular complexity index is 1090. The highest BCUT2D eigenvalue weighted by Gasteiger charge is 2.41. The Morgan fingerprint density at radius 1 is 1.23 bits per heavy atom. The number of Topliss-reactive ketones (excluding diaryl/α,β-unsaturated/α-hetero) is 1. The van der Waals surface area contributed by atoms with Gasteiger partial charge in [-0.25, -0.2) is 4.79 Å². The summed E-state index contributed by atoms with van der Waals surface area (Å²) in [6.45, 7) is 1.98. The average molecular weight is 439 g/mol. The zero-order chi connectivity index (χ0) is 21.7. The van der Waals surface area contributed by atoms with Gasteiger partial charge >= 0.3 is 5.97 Å². The number of aryl methyl sites for hydroxylation is 1. The van der Waals surface area contributed by atoms with E-state index in [0.717, 1.165) is 53.0 Å². The van der Waals surface area contributed by atoms with Crippen LogP contribution < -0.4 is 4.74 Å². The molecule has 1 aromatic heterocycles. The van der Waals surface area contributed by atoms with Gasteiger partial charge in [0.1, 0.15) is 11.3 Å². The molecule has 3 aliphatic rings. The summed E-state index contributed by atoms with van der Waals surface area (Å²) in [5.41, 5.74) is 3.70. The van der Waals surface area contributed by atoms with Crippen LogP contribution >= 0.6 is 11.3 Å². The summed E-state index contributed by atoms with van der Waals surface area (Å²) in [5, 5.41) is 10.4. The van der Waals surface area contributed by atoms with Gasteiger partial charge in [-0.1, -0.05) is 6.08 Å². The number of allylic oxidation sites excluding steroid dienone is 1. The summed E-state index contributed by atoms with van der Waals surface area (Å²) in [6.07, 6.45) is 6.30. The van der Waals surface area contributed by atoms with Gasteiger partial charge in [-0.3, -0.25) is 4.79 Å². The third-order valence-electron chi connectivity index (χ3n) is 6.53. The second-order valence-corrected chi connectivity index (χ2v) is 9.59. The Hall–Kier alpha value is -2.44. The van der Waals surface area contributed by atoms with Gasteiger partial charge in [0.05, 0.1) is 19.8 Å². The lowest BCUT2D eigenvalue weighted by molar-refractivity contribution is -0.138. The van der Waals surface area contributed by atoms with Crippen molar-refractivity contribution < 1.29 is 24.2 Å². The Morgan fingerprint density at radius 2 is 2.00 bits per heavy atom. The maximum atomic E-state index is 13.2. The van der Waals surface area contributed by atoms with Crippen LogP contribution in [0.3, 0.4) is 0 Å². The van der Waals surface area contributed by atoms with Crippen LogP contribution in [0, 0.1) is 5.92 Å². The Balaban J connectivity index is 1.64. The zero-order valence-corrected chi connectivity index (χ0v) is 18.6. The van der Waals surface area contributed by atoms with Crippen LogP contribution in [-0.2, 0) is 16.0 Å². The molecule has 2 unspecified atom stereocenters. The SMILES string of the molecule is CCOC(=O)C1=CC(C2CC2)c2c(ccc(-c3cc4c(s3)C(O)CCC4)c2OC)C1=O. The molecule has 0 saturated heterocycles. The molecular formula is C25H26O5S. The number of hydrogen-bond donors (Lipinski definition) is 1. The second-order valence-electron chi connectivity index (χ2n) is 8.51. The third kappa shape index (κ3) is 3.42. The first kappa shape index (κ1) is 20.5. The molecule has 0 bridgehead atoms. The molecule has 1 heterocycles. The summed E-state index contributed by atoms with van der Waals surface area (Å²) >= 11 is 1.61. The number of fused-ring (bicyclic) bond motifs is 2. The van der Waals surface area contributed by atoms with Gasteiger partial charge in [0.25, 0.3) is 0 Å². The number of ether oxygens (including phenoxy) is 2. The highest BCUT2D eigenvalue weighted by atomic mass is 32.1. The fourth-order valence-electron chi connectivity index (χ4n) is 4.89. The number of carbonyl (C=O) groups excluding carboxylic acids is 2. The van der Waals surface area contributed by atoms with E-state index in [4.69, 9.17) is 9.47 Å². The summed E-state index contributed by atoms with van der Waals surface area (Å²) in [4.78, 5) is 27.7. The number of carbonyl (C=O) groups is 2. The minimum absolute atomic E-state index is 0.0396. The Kier molecular flexibility index (Phi) is 5.22. The van der Waals surface area contributed by atoms with Gasteiger partial charge < -0.3 is 14.6 Å². The van der Waals surface area contributed by atoms with E-state index in [2.05, 4.69) is 6.07 Å². The molecule has 1 fully saturated rings. The first-order chi connectivity index (χ1) is 15.0. The molecule has 3 aliphatic carbocycles. The van der Waals surface area contributed by atoms with Crippen molar-refractivity contribution in [1.29, 1.82) is 0 Å². The molecule has 31 heavy (non-hydrogen) atoms. The van der Waals surface area contributed by atoms with Gasteiger partial charge in [-0.15, -0.1) is 11.3 Å². The number of thiophene rings is 1. The lowest BCUT2D eigenvalue weighted by Crippen LogP contribution is -2.24. The smallest absolute Gasteiger partial charge is 0.341 e. The number of ketones is 1. The van der Waals surface area contributed by atoms with E-state index in [9.17, 15) is 14.7 Å². The van der Waals surface area contributed by atoms with Gasteiger partial charge in [-0.2, -0.15) is 0 Å². The van der Waals surface area contributed by atoms with Crippen molar-refractivity contribution in [2.24, 2.45) is 5.92 Å². The maximum Gasteiger partial charge on any atom is 0.341 e. The topological polar surface area (TPSA) is 72.8 Å². The summed E-state index contributed by atoms with van der Waals surface area (Å²) in [7, 11) is 1.64. The molecular weight excluding hydrogens is 412 g/mol. The minimum atomic E-state index is -0.549. The molecule has 162 valence electrons. The molecule has 1 aromatic carbocycles. The molecule has 0 aliphatic heterocycles. The largest absolute Gasteiger partial charge is 0.496 e. The first-order valence-corrected chi connectivity index (χ1v) is 11.8. The molecule has 0 amide bonds. The van der Waals surface area contributed by atoms with Crippen molar-refractivity contribution in [2.75, 3.05) is 13.7 Å². The summed E-state index contributed by atoms with van der Waals surface area (Å²) in [5.74, 6) is 0.221. The summed E-state index contributed by atoms with van der Waals surface area (Å²) < 4.78 is 11.0. The van der Waals surface area contributed by atoms with Crippen LogP contribution in [0.2, 0.25) is 0 Å². The lowest BCUT2D eigenvalue weighted by Gasteiger charge is -2.26. The molecule has 2 atom stereocenters. The number of hydrogen-bond acceptors (Lipinski definition) is 6. The molecule has 0 radical (unpaired) electrons. The Labute approximate surface area is 185 Å². The van der Waals surface area contributed by atoms with E-state index in [-0.39, 0.29) is 23.9 Å². The van der Waals surface area contributed by atoms with Crippen LogP contribution in [0.4, 0.5) is 0 Å². The fourth-order valence-corrected chi connectivity index (χ4v) is 6.15.